The second-order valence-corrected chi connectivity index (χ2v) is 5.64. The van der Waals surface area contributed by atoms with Gasteiger partial charge in [0, 0.05) is 20.7 Å². The minimum atomic E-state index is -0.181. The van der Waals surface area contributed by atoms with Crippen LogP contribution in [0.4, 0.5) is 10.9 Å². The van der Waals surface area contributed by atoms with Crippen molar-refractivity contribution in [1.82, 2.24) is 10.3 Å². The molecule has 0 fully saturated rings. The Balaban J connectivity index is 2.77. The molecule has 0 aromatic carbocycles. The minimum absolute atomic E-state index is 0.00850. The molecule has 0 aliphatic heterocycles. The number of thiazole rings is 1. The molecule has 1 heterocycles. The van der Waals surface area contributed by atoms with Crippen molar-refractivity contribution in [3.05, 3.63) is 4.88 Å². The molecule has 1 aromatic rings. The minimum Gasteiger partial charge on any atom is -0.383 e. The Morgan fingerprint density at radius 1 is 1.55 bits per heavy atom. The van der Waals surface area contributed by atoms with Crippen LogP contribution in [0.3, 0.4) is 0 Å². The van der Waals surface area contributed by atoms with Crippen LogP contribution in [-0.4, -0.2) is 44.2 Å². The van der Waals surface area contributed by atoms with Gasteiger partial charge in [0.2, 0.25) is 0 Å². The number of aromatic nitrogens is 1. The first-order valence-corrected chi connectivity index (χ1v) is 7.62. The molecule has 0 bridgehead atoms. The summed E-state index contributed by atoms with van der Waals surface area (Å²) in [6, 6.07) is -0.00850. The van der Waals surface area contributed by atoms with Crippen LogP contribution in [0.15, 0.2) is 0 Å². The zero-order chi connectivity index (χ0) is 15.1. The Hall–Kier alpha value is -1.34. The molecule has 1 rings (SSSR count). The van der Waals surface area contributed by atoms with E-state index in [1.165, 1.54) is 11.3 Å². The normalized spacial score (nSPS) is 12.2. The van der Waals surface area contributed by atoms with Gasteiger partial charge in [0.1, 0.15) is 10.7 Å². The molecule has 0 spiro atoms. The number of nitrogen functional groups attached to an aromatic ring is 1. The summed E-state index contributed by atoms with van der Waals surface area (Å²) in [5.74, 6) is 0.109. The van der Waals surface area contributed by atoms with E-state index in [4.69, 9.17) is 10.5 Å². The van der Waals surface area contributed by atoms with Gasteiger partial charge in [-0.15, -0.1) is 0 Å². The highest BCUT2D eigenvalue weighted by Gasteiger charge is 2.20. The van der Waals surface area contributed by atoms with Crippen molar-refractivity contribution in [2.24, 2.45) is 0 Å². The molecule has 1 amide bonds. The van der Waals surface area contributed by atoms with Gasteiger partial charge in [0.25, 0.3) is 5.91 Å². The average molecular weight is 300 g/mol. The van der Waals surface area contributed by atoms with Gasteiger partial charge in [0.15, 0.2) is 5.13 Å². The van der Waals surface area contributed by atoms with Crippen LogP contribution in [0.25, 0.3) is 0 Å². The molecule has 0 radical (unpaired) electrons. The number of ether oxygens (including phenoxy) is 1. The van der Waals surface area contributed by atoms with E-state index >= 15 is 0 Å². The van der Waals surface area contributed by atoms with E-state index in [2.05, 4.69) is 17.2 Å². The monoisotopic (exact) mass is 300 g/mol. The third-order valence-corrected chi connectivity index (χ3v) is 4.11. The molecule has 3 N–H and O–H groups in total. The lowest BCUT2D eigenvalue weighted by molar-refractivity contribution is 0.0899. The van der Waals surface area contributed by atoms with Gasteiger partial charge < -0.3 is 20.7 Å². The van der Waals surface area contributed by atoms with E-state index in [1.54, 1.807) is 7.11 Å². The maximum absolute atomic E-state index is 12.2. The van der Waals surface area contributed by atoms with Crippen molar-refractivity contribution in [2.75, 3.05) is 37.9 Å². The zero-order valence-electron chi connectivity index (χ0n) is 12.6. The Kier molecular flexibility index (Phi) is 6.74. The van der Waals surface area contributed by atoms with Crippen LogP contribution in [0.5, 0.6) is 0 Å². The first kappa shape index (κ1) is 16.7. The lowest BCUT2D eigenvalue weighted by Gasteiger charge is -2.15. The van der Waals surface area contributed by atoms with Crippen LogP contribution in [0.1, 0.15) is 36.4 Å². The zero-order valence-corrected chi connectivity index (χ0v) is 13.4. The highest BCUT2D eigenvalue weighted by molar-refractivity contribution is 7.18. The van der Waals surface area contributed by atoms with E-state index in [0.717, 1.165) is 24.5 Å². The fraction of sp³-hybridized carbons (Fsp3) is 0.692. The summed E-state index contributed by atoms with van der Waals surface area (Å²) in [5, 5.41) is 3.69. The molecule has 0 saturated heterocycles. The Bertz CT molecular complexity index is 436. The highest BCUT2D eigenvalue weighted by Crippen LogP contribution is 2.27. The average Bonchev–Trinajstić information content (AvgIpc) is 2.80. The number of hydrogen-bond donors (Lipinski definition) is 2. The Morgan fingerprint density at radius 3 is 2.80 bits per heavy atom. The predicted octanol–water partition coefficient (Wildman–Crippen LogP) is 1.73. The summed E-state index contributed by atoms with van der Waals surface area (Å²) >= 11 is 1.32. The molecule has 0 saturated carbocycles. The molecule has 114 valence electrons. The van der Waals surface area contributed by atoms with Gasteiger partial charge in [-0.3, -0.25) is 4.79 Å². The molecular formula is C13H24N4O2S. The van der Waals surface area contributed by atoms with Crippen LogP contribution in [0, 0.1) is 0 Å². The molecule has 6 nitrogen and oxygen atoms in total. The highest BCUT2D eigenvalue weighted by atomic mass is 32.1. The number of hydrogen-bond acceptors (Lipinski definition) is 6. The molecule has 7 heteroatoms. The number of nitrogens with one attached hydrogen (secondary N) is 1. The van der Waals surface area contributed by atoms with Crippen molar-refractivity contribution >= 4 is 28.2 Å². The first-order valence-electron chi connectivity index (χ1n) is 6.80. The van der Waals surface area contributed by atoms with Crippen molar-refractivity contribution in [2.45, 2.75) is 32.7 Å². The van der Waals surface area contributed by atoms with Crippen LogP contribution >= 0.6 is 11.3 Å². The van der Waals surface area contributed by atoms with Crippen molar-refractivity contribution < 1.29 is 9.53 Å². The van der Waals surface area contributed by atoms with E-state index in [-0.39, 0.29) is 17.8 Å². The number of methoxy groups -OCH3 is 1. The lowest BCUT2D eigenvalue weighted by Crippen LogP contribution is -2.37. The number of nitrogens with two attached hydrogens (primary N) is 1. The van der Waals surface area contributed by atoms with Crippen molar-refractivity contribution in [3.63, 3.8) is 0 Å². The largest absolute Gasteiger partial charge is 0.383 e. The third kappa shape index (κ3) is 4.35. The van der Waals surface area contributed by atoms with Gasteiger partial charge in [-0.25, -0.2) is 4.98 Å². The number of rotatable bonds is 8. The van der Waals surface area contributed by atoms with Gasteiger partial charge in [-0.1, -0.05) is 25.2 Å². The second kappa shape index (κ2) is 8.06. The molecule has 1 atom stereocenters. The second-order valence-electron chi connectivity index (χ2n) is 4.67. The van der Waals surface area contributed by atoms with E-state index in [0.29, 0.717) is 11.5 Å². The van der Waals surface area contributed by atoms with Gasteiger partial charge in [-0.2, -0.15) is 0 Å². The van der Waals surface area contributed by atoms with Crippen molar-refractivity contribution in [1.29, 1.82) is 0 Å². The standard InChI is InChI=1S/C13H24N4O2S/c1-5-7-17(3)13-16-11(14)10(20-13)12(18)15-9(6-2)8-19-4/h9H,5-8,14H2,1-4H3,(H,15,18). The molecule has 0 aliphatic carbocycles. The summed E-state index contributed by atoms with van der Waals surface area (Å²) in [6.07, 6.45) is 1.82. The Labute approximate surface area is 124 Å². The number of carbonyl (C=O) groups excluding carboxylic acids is 1. The van der Waals surface area contributed by atoms with Gasteiger partial charge in [-0.05, 0) is 12.8 Å². The van der Waals surface area contributed by atoms with Gasteiger partial charge in [0.05, 0.1) is 12.6 Å². The first-order chi connectivity index (χ1) is 9.53. The Morgan fingerprint density at radius 2 is 2.25 bits per heavy atom. The van der Waals surface area contributed by atoms with Crippen LogP contribution in [-0.2, 0) is 4.74 Å². The summed E-state index contributed by atoms with van der Waals surface area (Å²) in [4.78, 5) is 18.9. The smallest absolute Gasteiger partial charge is 0.265 e. The fourth-order valence-corrected chi connectivity index (χ4v) is 2.67. The number of amides is 1. The summed E-state index contributed by atoms with van der Waals surface area (Å²) < 4.78 is 5.07. The van der Waals surface area contributed by atoms with Crippen molar-refractivity contribution in [3.8, 4) is 0 Å². The quantitative estimate of drug-likeness (QED) is 0.764. The van der Waals surface area contributed by atoms with Gasteiger partial charge >= 0.3 is 0 Å². The van der Waals surface area contributed by atoms with E-state index < -0.39 is 0 Å². The summed E-state index contributed by atoms with van der Waals surface area (Å²) in [5.41, 5.74) is 5.85. The topological polar surface area (TPSA) is 80.5 Å². The predicted molar refractivity (Wildman–Crippen MR) is 83.5 cm³/mol. The summed E-state index contributed by atoms with van der Waals surface area (Å²) in [6.45, 7) is 5.47. The summed E-state index contributed by atoms with van der Waals surface area (Å²) in [7, 11) is 3.57. The van der Waals surface area contributed by atoms with Crippen LogP contribution < -0.4 is 16.0 Å². The lowest BCUT2D eigenvalue weighted by atomic mass is 10.2. The maximum Gasteiger partial charge on any atom is 0.265 e. The molecule has 0 aliphatic rings. The number of anilines is 2. The number of carbonyl (C=O) groups is 1. The fourth-order valence-electron chi connectivity index (χ4n) is 1.79. The third-order valence-electron chi connectivity index (χ3n) is 2.93. The van der Waals surface area contributed by atoms with E-state index in [9.17, 15) is 4.79 Å². The molecule has 20 heavy (non-hydrogen) atoms. The molecular weight excluding hydrogens is 276 g/mol. The SMILES string of the molecule is CCCN(C)c1nc(N)c(C(=O)NC(CC)COC)s1. The molecule has 1 aromatic heterocycles. The van der Waals surface area contributed by atoms with Crippen LogP contribution in [0.2, 0.25) is 0 Å². The molecule has 1 unspecified atom stereocenters. The number of nitrogens with zero attached hydrogens (tertiary/aromatic N) is 2. The van der Waals surface area contributed by atoms with E-state index in [1.807, 2.05) is 18.9 Å². The maximum atomic E-state index is 12.2.